The summed E-state index contributed by atoms with van der Waals surface area (Å²) in [7, 11) is 0. The first-order valence-electron chi connectivity index (χ1n) is 10.8. The summed E-state index contributed by atoms with van der Waals surface area (Å²) in [6.07, 6.45) is 4.65. The van der Waals surface area contributed by atoms with Gasteiger partial charge in [0.25, 0.3) is 5.56 Å². The molecule has 30 heavy (non-hydrogen) atoms. The van der Waals surface area contributed by atoms with Crippen LogP contribution in [0, 0.1) is 5.92 Å². The standard InChI is InChI=1S/C23H29N3O4/c1-16(7-8-19-4-3-11-30-19)24-21(27)9-10-22(28)25-13-17-12-18(15-25)20-5-2-6-23(29)26(20)14-17/h2-6,11,16-18H,7-10,12-15H2,1H3,(H,24,27)/t16-,17+,18-/m0/s1. The quantitative estimate of drug-likeness (QED) is 0.758. The number of hydrogen-bond acceptors (Lipinski definition) is 4. The largest absolute Gasteiger partial charge is 0.469 e. The number of pyridine rings is 1. The van der Waals surface area contributed by atoms with Gasteiger partial charge in [-0.3, -0.25) is 14.4 Å². The number of nitrogens with zero attached hydrogens (tertiary/aromatic N) is 2. The lowest BCUT2D eigenvalue weighted by atomic mass is 9.83. The molecule has 2 aliphatic rings. The summed E-state index contributed by atoms with van der Waals surface area (Å²) in [5, 5.41) is 2.97. The highest BCUT2D eigenvalue weighted by Gasteiger charge is 2.36. The van der Waals surface area contributed by atoms with E-state index in [9.17, 15) is 14.4 Å². The fourth-order valence-electron chi connectivity index (χ4n) is 4.71. The third-order valence-corrected chi connectivity index (χ3v) is 6.21. The predicted molar refractivity (Wildman–Crippen MR) is 112 cm³/mol. The van der Waals surface area contributed by atoms with Crippen molar-refractivity contribution in [3.8, 4) is 0 Å². The van der Waals surface area contributed by atoms with Gasteiger partial charge in [0.1, 0.15) is 5.76 Å². The summed E-state index contributed by atoms with van der Waals surface area (Å²) < 4.78 is 7.17. The number of nitrogens with one attached hydrogen (secondary N) is 1. The van der Waals surface area contributed by atoms with Gasteiger partial charge < -0.3 is 19.2 Å². The molecule has 3 atom stereocenters. The molecule has 4 rings (SSSR count). The van der Waals surface area contributed by atoms with Crippen LogP contribution in [0.2, 0.25) is 0 Å². The van der Waals surface area contributed by atoms with Crippen molar-refractivity contribution in [2.75, 3.05) is 13.1 Å². The monoisotopic (exact) mass is 411 g/mol. The van der Waals surface area contributed by atoms with Gasteiger partial charge in [0.05, 0.1) is 6.26 Å². The molecular weight excluding hydrogens is 382 g/mol. The topological polar surface area (TPSA) is 84.6 Å². The molecule has 0 radical (unpaired) electrons. The molecule has 2 aromatic heterocycles. The number of likely N-dealkylation sites (tertiary alicyclic amines) is 1. The highest BCUT2D eigenvalue weighted by atomic mass is 16.3. The van der Waals surface area contributed by atoms with Crippen LogP contribution in [0.4, 0.5) is 0 Å². The maximum atomic E-state index is 12.7. The third kappa shape index (κ3) is 4.66. The lowest BCUT2D eigenvalue weighted by molar-refractivity contribution is -0.136. The molecule has 1 N–H and O–H groups in total. The second kappa shape index (κ2) is 8.90. The molecule has 1 fully saturated rings. The molecule has 0 aliphatic carbocycles. The van der Waals surface area contributed by atoms with E-state index in [-0.39, 0.29) is 42.2 Å². The Morgan fingerprint density at radius 1 is 1.17 bits per heavy atom. The van der Waals surface area contributed by atoms with Crippen LogP contribution in [0.15, 0.2) is 45.8 Å². The molecule has 0 saturated carbocycles. The minimum Gasteiger partial charge on any atom is -0.469 e. The summed E-state index contributed by atoms with van der Waals surface area (Å²) in [5.41, 5.74) is 1.07. The maximum Gasteiger partial charge on any atom is 0.250 e. The van der Waals surface area contributed by atoms with E-state index in [1.54, 1.807) is 18.4 Å². The Bertz CT molecular complexity index is 950. The highest BCUT2D eigenvalue weighted by Crippen LogP contribution is 2.35. The Morgan fingerprint density at radius 3 is 2.83 bits per heavy atom. The first kappa shape index (κ1) is 20.4. The SMILES string of the molecule is C[C@@H](CCc1ccco1)NC(=O)CCC(=O)N1C[C@H]2C[C@@H](C1)c1cccc(=O)n1C2. The Morgan fingerprint density at radius 2 is 2.03 bits per heavy atom. The molecular formula is C23H29N3O4. The Labute approximate surface area is 176 Å². The van der Waals surface area contributed by atoms with Crippen LogP contribution in [0.5, 0.6) is 0 Å². The van der Waals surface area contributed by atoms with Crippen LogP contribution in [0.1, 0.15) is 50.0 Å². The number of furan rings is 1. The zero-order valence-corrected chi connectivity index (χ0v) is 17.4. The van der Waals surface area contributed by atoms with Gasteiger partial charge in [-0.25, -0.2) is 0 Å². The zero-order valence-electron chi connectivity index (χ0n) is 17.4. The smallest absolute Gasteiger partial charge is 0.250 e. The van der Waals surface area contributed by atoms with Crippen molar-refractivity contribution < 1.29 is 14.0 Å². The molecule has 7 nitrogen and oxygen atoms in total. The third-order valence-electron chi connectivity index (χ3n) is 6.21. The second-order valence-corrected chi connectivity index (χ2v) is 8.58. The van der Waals surface area contributed by atoms with E-state index in [4.69, 9.17) is 4.42 Å². The number of fused-ring (bicyclic) bond motifs is 4. The van der Waals surface area contributed by atoms with E-state index in [0.29, 0.717) is 25.6 Å². The van der Waals surface area contributed by atoms with Crippen molar-refractivity contribution in [2.24, 2.45) is 5.92 Å². The summed E-state index contributed by atoms with van der Waals surface area (Å²) in [5.74, 6) is 1.34. The highest BCUT2D eigenvalue weighted by molar-refractivity contribution is 5.84. The molecule has 2 aromatic rings. The first-order chi connectivity index (χ1) is 14.5. The average Bonchev–Trinajstić information content (AvgIpc) is 3.25. The van der Waals surface area contributed by atoms with E-state index < -0.39 is 0 Å². The Kier molecular flexibility index (Phi) is 6.06. The fraction of sp³-hybridized carbons (Fsp3) is 0.522. The molecule has 0 spiro atoms. The van der Waals surface area contributed by atoms with E-state index in [0.717, 1.165) is 30.7 Å². The normalized spacial score (nSPS) is 21.0. The summed E-state index contributed by atoms with van der Waals surface area (Å²) in [6, 6.07) is 9.20. The lowest BCUT2D eigenvalue weighted by Crippen LogP contribution is -2.49. The summed E-state index contributed by atoms with van der Waals surface area (Å²) >= 11 is 0. The summed E-state index contributed by atoms with van der Waals surface area (Å²) in [4.78, 5) is 39.0. The van der Waals surface area contributed by atoms with Crippen molar-refractivity contribution >= 4 is 11.8 Å². The molecule has 0 aromatic carbocycles. The minimum absolute atomic E-state index is 0.0230. The van der Waals surface area contributed by atoms with E-state index >= 15 is 0 Å². The van der Waals surface area contributed by atoms with Gasteiger partial charge in [-0.1, -0.05) is 6.07 Å². The molecule has 1 saturated heterocycles. The van der Waals surface area contributed by atoms with Gasteiger partial charge in [0.2, 0.25) is 11.8 Å². The molecule has 7 heteroatoms. The van der Waals surface area contributed by atoms with Crippen LogP contribution in [0.3, 0.4) is 0 Å². The zero-order chi connectivity index (χ0) is 21.1. The van der Waals surface area contributed by atoms with Crippen LogP contribution in [-0.2, 0) is 22.6 Å². The van der Waals surface area contributed by atoms with Crippen molar-refractivity contribution in [2.45, 2.75) is 57.5 Å². The minimum atomic E-state index is -0.0932. The van der Waals surface area contributed by atoms with Gasteiger partial charge in [-0.2, -0.15) is 0 Å². The molecule has 2 bridgehead atoms. The summed E-state index contributed by atoms with van der Waals surface area (Å²) in [6.45, 7) is 3.92. The fourth-order valence-corrected chi connectivity index (χ4v) is 4.71. The molecule has 2 amide bonds. The van der Waals surface area contributed by atoms with Crippen molar-refractivity contribution in [1.82, 2.24) is 14.8 Å². The number of aromatic nitrogens is 1. The van der Waals surface area contributed by atoms with Crippen LogP contribution < -0.4 is 10.9 Å². The van der Waals surface area contributed by atoms with Crippen LogP contribution in [0.25, 0.3) is 0 Å². The average molecular weight is 412 g/mol. The van der Waals surface area contributed by atoms with Gasteiger partial charge in [0, 0.05) is 62.6 Å². The van der Waals surface area contributed by atoms with Crippen molar-refractivity contribution in [3.63, 3.8) is 0 Å². The predicted octanol–water partition coefficient (Wildman–Crippen LogP) is 2.30. The molecule has 2 aliphatic heterocycles. The molecule has 4 heterocycles. The van der Waals surface area contributed by atoms with Gasteiger partial charge in [-0.05, 0) is 43.9 Å². The van der Waals surface area contributed by atoms with Gasteiger partial charge in [0.15, 0.2) is 0 Å². The number of carbonyl (C=O) groups is 2. The number of amides is 2. The molecule has 0 unspecified atom stereocenters. The Hall–Kier alpha value is -2.83. The molecule has 160 valence electrons. The van der Waals surface area contributed by atoms with E-state index in [1.807, 2.05) is 34.6 Å². The second-order valence-electron chi connectivity index (χ2n) is 8.58. The van der Waals surface area contributed by atoms with Crippen molar-refractivity contribution in [1.29, 1.82) is 0 Å². The van der Waals surface area contributed by atoms with Gasteiger partial charge >= 0.3 is 0 Å². The van der Waals surface area contributed by atoms with E-state index in [1.165, 1.54) is 0 Å². The maximum absolute atomic E-state index is 12.7. The van der Waals surface area contributed by atoms with Crippen molar-refractivity contribution in [3.05, 3.63) is 58.4 Å². The first-order valence-corrected chi connectivity index (χ1v) is 10.8. The number of rotatable bonds is 7. The number of hydrogen-bond donors (Lipinski definition) is 1. The van der Waals surface area contributed by atoms with E-state index in [2.05, 4.69) is 5.32 Å². The van der Waals surface area contributed by atoms with Crippen LogP contribution in [-0.4, -0.2) is 40.4 Å². The van der Waals surface area contributed by atoms with Crippen LogP contribution >= 0.6 is 0 Å². The lowest BCUT2D eigenvalue weighted by Gasteiger charge is -2.42. The number of aryl methyl sites for hydroxylation is 1. The number of carbonyl (C=O) groups excluding carboxylic acids is 2. The number of piperidine rings is 1. The van der Waals surface area contributed by atoms with Gasteiger partial charge in [-0.15, -0.1) is 0 Å². The Balaban J connectivity index is 1.24.